The lowest BCUT2D eigenvalue weighted by Crippen LogP contribution is -2.02. The quantitative estimate of drug-likeness (QED) is 0.376. The molecule has 6 heteroatoms. The Labute approximate surface area is 80.1 Å². The summed E-state index contributed by atoms with van der Waals surface area (Å²) in [5.74, 6) is -2.84. The topological polar surface area (TPSA) is 93.1 Å². The van der Waals surface area contributed by atoms with Crippen LogP contribution in [-0.2, 0) is 19.1 Å². The molecule has 0 saturated heterocycles. The Hall–Kier alpha value is -1.98. The Morgan fingerprint density at radius 1 is 0.929 bits per heavy atom. The monoisotopic (exact) mass is 202 g/mol. The third-order valence-electron chi connectivity index (χ3n) is 1.19. The van der Waals surface area contributed by atoms with Crippen LogP contribution in [-0.4, -0.2) is 36.4 Å². The fourth-order valence-electron chi connectivity index (χ4n) is 0.686. The summed E-state index contributed by atoms with van der Waals surface area (Å²) < 4.78 is 9.28. The number of aliphatic carboxylic acids is 2. The first-order valence-electron chi connectivity index (χ1n) is 3.48. The van der Waals surface area contributed by atoms with Crippen molar-refractivity contribution in [3.05, 3.63) is 23.7 Å². The highest BCUT2D eigenvalue weighted by Crippen LogP contribution is 2.10. The summed E-state index contributed by atoms with van der Waals surface area (Å²) >= 11 is 0. The summed E-state index contributed by atoms with van der Waals surface area (Å²) in [6.07, 6.45) is 1.41. The molecule has 0 aliphatic carbocycles. The highest BCUT2D eigenvalue weighted by Gasteiger charge is 2.09. The number of carboxylic acids is 2. The summed E-state index contributed by atoms with van der Waals surface area (Å²) in [5, 5.41) is 16.8. The lowest BCUT2D eigenvalue weighted by atomic mass is 10.3. The zero-order valence-electron chi connectivity index (χ0n) is 7.68. The number of hydrogen-bond acceptors (Lipinski definition) is 4. The van der Waals surface area contributed by atoms with Crippen LogP contribution in [0.1, 0.15) is 0 Å². The van der Waals surface area contributed by atoms with Crippen molar-refractivity contribution in [1.82, 2.24) is 0 Å². The molecule has 78 valence electrons. The molecule has 0 aromatic carbocycles. The van der Waals surface area contributed by atoms with Crippen LogP contribution in [0.15, 0.2) is 23.7 Å². The fraction of sp³-hybridized carbons (Fsp3) is 0.250. The molecular weight excluding hydrogens is 192 g/mol. The minimum absolute atomic E-state index is 0.164. The highest BCUT2D eigenvalue weighted by atomic mass is 16.5. The van der Waals surface area contributed by atoms with Crippen LogP contribution in [0.2, 0.25) is 0 Å². The third-order valence-corrected chi connectivity index (χ3v) is 1.19. The largest absolute Gasteiger partial charge is 0.493 e. The predicted octanol–water partition coefficient (Wildman–Crippen LogP) is 0.216. The van der Waals surface area contributed by atoms with Crippen LogP contribution in [0.4, 0.5) is 0 Å². The smallest absolute Gasteiger partial charge is 0.332 e. The van der Waals surface area contributed by atoms with E-state index in [9.17, 15) is 9.59 Å². The lowest BCUT2D eigenvalue weighted by Gasteiger charge is -2.07. The molecule has 0 amide bonds. The molecule has 0 saturated carbocycles. The van der Waals surface area contributed by atoms with Crippen LogP contribution in [0.25, 0.3) is 0 Å². The van der Waals surface area contributed by atoms with E-state index >= 15 is 0 Å². The number of ether oxygens (including phenoxy) is 2. The van der Waals surface area contributed by atoms with Crippen LogP contribution >= 0.6 is 0 Å². The second kappa shape index (κ2) is 5.63. The van der Waals surface area contributed by atoms with Gasteiger partial charge in [0, 0.05) is 0 Å². The van der Waals surface area contributed by atoms with Crippen molar-refractivity contribution in [1.29, 1.82) is 0 Å². The van der Waals surface area contributed by atoms with E-state index in [1.165, 1.54) is 14.2 Å². The maximum Gasteiger partial charge on any atom is 0.332 e. The van der Waals surface area contributed by atoms with Crippen molar-refractivity contribution >= 4 is 11.9 Å². The van der Waals surface area contributed by atoms with Gasteiger partial charge in [-0.3, -0.25) is 0 Å². The van der Waals surface area contributed by atoms with Gasteiger partial charge in [-0.25, -0.2) is 9.59 Å². The first-order chi connectivity index (χ1) is 6.51. The van der Waals surface area contributed by atoms with E-state index in [1.54, 1.807) is 0 Å². The molecule has 0 heterocycles. The molecule has 0 atom stereocenters. The molecular formula is C8H10O6. The standard InChI is InChI=1S/C8H10O6/c1-13-5(3-7(9)10)6(14-2)4-8(11)12/h3-4H,1-2H3,(H,9,10)(H,11,12)/b5-3-,6-4-. The van der Waals surface area contributed by atoms with Gasteiger partial charge in [-0.2, -0.15) is 0 Å². The van der Waals surface area contributed by atoms with E-state index in [-0.39, 0.29) is 11.5 Å². The molecule has 0 fully saturated rings. The molecule has 0 rings (SSSR count). The normalized spacial score (nSPS) is 12.1. The van der Waals surface area contributed by atoms with Gasteiger partial charge < -0.3 is 19.7 Å². The highest BCUT2D eigenvalue weighted by molar-refractivity contribution is 5.84. The summed E-state index contributed by atoms with van der Waals surface area (Å²) in [5.41, 5.74) is 0. The first kappa shape index (κ1) is 12.0. The van der Waals surface area contributed by atoms with Crippen molar-refractivity contribution in [3.63, 3.8) is 0 Å². The van der Waals surface area contributed by atoms with Gasteiger partial charge in [0.05, 0.1) is 26.4 Å². The maximum absolute atomic E-state index is 10.3. The Bertz CT molecular complexity index is 258. The number of hydrogen-bond donors (Lipinski definition) is 2. The van der Waals surface area contributed by atoms with Crippen LogP contribution < -0.4 is 0 Å². The van der Waals surface area contributed by atoms with Crippen molar-refractivity contribution in [2.24, 2.45) is 0 Å². The van der Waals surface area contributed by atoms with Crippen LogP contribution in [0, 0.1) is 0 Å². The second-order valence-electron chi connectivity index (χ2n) is 2.10. The zero-order chi connectivity index (χ0) is 11.1. The van der Waals surface area contributed by atoms with E-state index in [0.717, 1.165) is 0 Å². The van der Waals surface area contributed by atoms with Gasteiger partial charge in [-0.1, -0.05) is 0 Å². The fourth-order valence-corrected chi connectivity index (χ4v) is 0.686. The van der Waals surface area contributed by atoms with Gasteiger partial charge >= 0.3 is 11.9 Å². The van der Waals surface area contributed by atoms with Gasteiger partial charge in [0.1, 0.15) is 0 Å². The van der Waals surface area contributed by atoms with Gasteiger partial charge in [0.2, 0.25) is 0 Å². The lowest BCUT2D eigenvalue weighted by molar-refractivity contribution is -0.132. The van der Waals surface area contributed by atoms with Crippen molar-refractivity contribution in [3.8, 4) is 0 Å². The first-order valence-corrected chi connectivity index (χ1v) is 3.48. The maximum atomic E-state index is 10.3. The number of rotatable bonds is 5. The van der Waals surface area contributed by atoms with E-state index in [0.29, 0.717) is 12.2 Å². The van der Waals surface area contributed by atoms with Gasteiger partial charge in [0.25, 0.3) is 0 Å². The van der Waals surface area contributed by atoms with E-state index < -0.39 is 11.9 Å². The minimum atomic E-state index is -1.25. The molecule has 0 aliphatic rings. The number of carboxylic acid groups (broad SMARTS) is 2. The molecule has 0 spiro atoms. The average molecular weight is 202 g/mol. The Morgan fingerprint density at radius 3 is 1.36 bits per heavy atom. The predicted molar refractivity (Wildman–Crippen MR) is 45.5 cm³/mol. The zero-order valence-corrected chi connectivity index (χ0v) is 7.68. The molecule has 0 aromatic heterocycles. The van der Waals surface area contributed by atoms with Crippen molar-refractivity contribution in [2.45, 2.75) is 0 Å². The molecule has 14 heavy (non-hydrogen) atoms. The molecule has 0 unspecified atom stereocenters. The Morgan fingerprint density at radius 2 is 1.21 bits per heavy atom. The number of methoxy groups -OCH3 is 2. The molecule has 0 aromatic rings. The average Bonchev–Trinajstić information content (AvgIpc) is 2.10. The summed E-state index contributed by atoms with van der Waals surface area (Å²) in [7, 11) is 2.42. The SMILES string of the molecule is COC(=C\C(=O)O)/C(=C/C(=O)O)OC. The van der Waals surface area contributed by atoms with Gasteiger partial charge in [-0.05, 0) is 0 Å². The number of carbonyl (C=O) groups is 2. The van der Waals surface area contributed by atoms with Crippen molar-refractivity contribution in [2.75, 3.05) is 14.2 Å². The van der Waals surface area contributed by atoms with E-state index in [2.05, 4.69) is 9.47 Å². The van der Waals surface area contributed by atoms with E-state index in [4.69, 9.17) is 10.2 Å². The summed E-state index contributed by atoms with van der Waals surface area (Å²) in [6.45, 7) is 0. The Balaban J connectivity index is 4.98. The van der Waals surface area contributed by atoms with Gasteiger partial charge in [0.15, 0.2) is 11.5 Å². The van der Waals surface area contributed by atoms with Crippen LogP contribution in [0.5, 0.6) is 0 Å². The Kier molecular flexibility index (Phi) is 4.83. The molecule has 0 bridgehead atoms. The van der Waals surface area contributed by atoms with E-state index in [1.807, 2.05) is 0 Å². The summed E-state index contributed by atoms with van der Waals surface area (Å²) in [6, 6.07) is 0. The minimum Gasteiger partial charge on any atom is -0.493 e. The summed E-state index contributed by atoms with van der Waals surface area (Å²) in [4.78, 5) is 20.6. The molecule has 0 aliphatic heterocycles. The molecule has 2 N–H and O–H groups in total. The molecule has 0 radical (unpaired) electrons. The van der Waals surface area contributed by atoms with Crippen LogP contribution in [0.3, 0.4) is 0 Å². The van der Waals surface area contributed by atoms with Crippen molar-refractivity contribution < 1.29 is 29.3 Å². The second-order valence-corrected chi connectivity index (χ2v) is 2.10. The third kappa shape index (κ3) is 4.15. The van der Waals surface area contributed by atoms with Gasteiger partial charge in [-0.15, -0.1) is 0 Å². The molecule has 6 nitrogen and oxygen atoms in total.